The van der Waals surface area contributed by atoms with Crippen molar-refractivity contribution in [2.45, 2.75) is 44.9 Å². The lowest BCUT2D eigenvalue weighted by molar-refractivity contribution is -0.131. The zero-order valence-electron chi connectivity index (χ0n) is 9.48. The monoisotopic (exact) mass is 220 g/mol. The van der Waals surface area contributed by atoms with Crippen molar-refractivity contribution in [1.29, 1.82) is 0 Å². The topological polar surface area (TPSA) is 52.1 Å². The molecule has 1 aliphatic rings. The molecular weight excluding hydrogens is 204 g/mol. The van der Waals surface area contributed by atoms with Gasteiger partial charge in [-0.2, -0.15) is 0 Å². The van der Waals surface area contributed by atoms with Gasteiger partial charge in [-0.3, -0.25) is 4.79 Å². The van der Waals surface area contributed by atoms with E-state index in [9.17, 15) is 4.79 Å². The molecule has 0 aliphatic heterocycles. The maximum atomic E-state index is 10.7. The Balaban J connectivity index is 2.03. The highest BCUT2D eigenvalue weighted by atomic mass is 16.5. The van der Waals surface area contributed by atoms with Crippen LogP contribution in [0.3, 0.4) is 0 Å². The first kappa shape index (κ1) is 11.0. The van der Waals surface area contributed by atoms with Crippen molar-refractivity contribution in [3.63, 3.8) is 0 Å². The quantitative estimate of drug-likeness (QED) is 0.718. The molecule has 0 N–H and O–H groups in total. The number of hydrogen-bond donors (Lipinski definition) is 0. The molecule has 0 radical (unpaired) electrons. The third-order valence-corrected chi connectivity index (χ3v) is 2.88. The van der Waals surface area contributed by atoms with Crippen LogP contribution in [0.1, 0.15) is 50.8 Å². The maximum Gasteiger partial charge on any atom is 0.308 e. The molecule has 0 aromatic carbocycles. The number of nitrogens with zero attached hydrogens (tertiary/aromatic N) is 2. The number of hydrogen-bond acceptors (Lipinski definition) is 4. The van der Waals surface area contributed by atoms with Crippen LogP contribution in [0.4, 0.5) is 0 Å². The van der Waals surface area contributed by atoms with Crippen LogP contribution in [0.5, 0.6) is 5.75 Å². The van der Waals surface area contributed by atoms with E-state index in [1.807, 2.05) is 0 Å². The predicted octanol–water partition coefficient (Wildman–Crippen LogP) is 2.45. The molecule has 1 aliphatic carbocycles. The summed E-state index contributed by atoms with van der Waals surface area (Å²) in [6.45, 7) is 1.37. The van der Waals surface area contributed by atoms with Crippen molar-refractivity contribution < 1.29 is 9.53 Å². The van der Waals surface area contributed by atoms with Gasteiger partial charge in [0.25, 0.3) is 0 Å². The third kappa shape index (κ3) is 2.78. The molecule has 0 saturated heterocycles. The van der Waals surface area contributed by atoms with Crippen molar-refractivity contribution in [2.24, 2.45) is 0 Å². The summed E-state index contributed by atoms with van der Waals surface area (Å²) in [6.07, 6.45) is 9.36. The second kappa shape index (κ2) is 5.05. The SMILES string of the molecule is CC(=O)Oc1cnc(C2CCCCC2)nc1. The fourth-order valence-electron chi connectivity index (χ4n) is 2.12. The van der Waals surface area contributed by atoms with Crippen molar-refractivity contribution in [3.05, 3.63) is 18.2 Å². The van der Waals surface area contributed by atoms with Crippen molar-refractivity contribution in [2.75, 3.05) is 0 Å². The first-order valence-corrected chi connectivity index (χ1v) is 5.76. The van der Waals surface area contributed by atoms with Gasteiger partial charge >= 0.3 is 5.97 Å². The molecule has 16 heavy (non-hydrogen) atoms. The van der Waals surface area contributed by atoms with Gasteiger partial charge in [0.05, 0.1) is 12.4 Å². The van der Waals surface area contributed by atoms with Gasteiger partial charge in [-0.1, -0.05) is 19.3 Å². The fraction of sp³-hybridized carbons (Fsp3) is 0.583. The van der Waals surface area contributed by atoms with Crippen LogP contribution in [-0.2, 0) is 4.79 Å². The minimum absolute atomic E-state index is 0.339. The van der Waals surface area contributed by atoms with Gasteiger partial charge in [-0.05, 0) is 12.8 Å². The molecule has 2 rings (SSSR count). The Morgan fingerprint density at radius 3 is 2.44 bits per heavy atom. The molecule has 1 aromatic heterocycles. The van der Waals surface area contributed by atoms with Crippen molar-refractivity contribution in [3.8, 4) is 5.75 Å². The lowest BCUT2D eigenvalue weighted by Crippen LogP contribution is -2.09. The van der Waals surface area contributed by atoms with Crippen LogP contribution < -0.4 is 4.74 Å². The zero-order valence-corrected chi connectivity index (χ0v) is 9.48. The standard InChI is InChI=1S/C12H16N2O2/c1-9(15)16-11-7-13-12(14-8-11)10-5-3-2-4-6-10/h7-8,10H,2-6H2,1H3. The van der Waals surface area contributed by atoms with Gasteiger partial charge in [0, 0.05) is 12.8 Å². The van der Waals surface area contributed by atoms with Crippen LogP contribution in [0, 0.1) is 0 Å². The molecule has 0 spiro atoms. The number of ether oxygens (including phenoxy) is 1. The highest BCUT2D eigenvalue weighted by molar-refractivity contribution is 5.68. The lowest BCUT2D eigenvalue weighted by atomic mass is 9.89. The van der Waals surface area contributed by atoms with Gasteiger partial charge < -0.3 is 4.74 Å². The molecule has 1 saturated carbocycles. The average molecular weight is 220 g/mol. The molecule has 4 nitrogen and oxygen atoms in total. The smallest absolute Gasteiger partial charge is 0.308 e. The molecule has 0 bridgehead atoms. The van der Waals surface area contributed by atoms with E-state index < -0.39 is 0 Å². The van der Waals surface area contributed by atoms with Gasteiger partial charge in [0.2, 0.25) is 0 Å². The fourth-order valence-corrected chi connectivity index (χ4v) is 2.12. The number of aromatic nitrogens is 2. The molecule has 86 valence electrons. The van der Waals surface area contributed by atoms with E-state index in [0.29, 0.717) is 11.7 Å². The van der Waals surface area contributed by atoms with E-state index in [4.69, 9.17) is 4.74 Å². The second-order valence-corrected chi connectivity index (χ2v) is 4.21. The summed E-state index contributed by atoms with van der Waals surface area (Å²) in [5, 5.41) is 0. The van der Waals surface area contributed by atoms with Gasteiger partial charge in [-0.25, -0.2) is 9.97 Å². The molecule has 1 fully saturated rings. The van der Waals surface area contributed by atoms with E-state index >= 15 is 0 Å². The Morgan fingerprint density at radius 1 is 1.25 bits per heavy atom. The molecule has 0 unspecified atom stereocenters. The second-order valence-electron chi connectivity index (χ2n) is 4.21. The van der Waals surface area contributed by atoms with Crippen LogP contribution in [0.2, 0.25) is 0 Å². The molecule has 1 aromatic rings. The summed E-state index contributed by atoms with van der Waals surface area (Å²) < 4.78 is 4.89. The number of esters is 1. The average Bonchev–Trinajstić information content (AvgIpc) is 2.30. The van der Waals surface area contributed by atoms with Crippen molar-refractivity contribution >= 4 is 5.97 Å². The van der Waals surface area contributed by atoms with E-state index in [-0.39, 0.29) is 5.97 Å². The highest BCUT2D eigenvalue weighted by Gasteiger charge is 2.17. The minimum Gasteiger partial charge on any atom is -0.423 e. The molecule has 4 heteroatoms. The van der Waals surface area contributed by atoms with Gasteiger partial charge in [0.1, 0.15) is 5.82 Å². The van der Waals surface area contributed by atoms with Crippen LogP contribution >= 0.6 is 0 Å². The molecule has 0 atom stereocenters. The molecule has 1 heterocycles. The Morgan fingerprint density at radius 2 is 1.88 bits per heavy atom. The van der Waals surface area contributed by atoms with Crippen LogP contribution in [-0.4, -0.2) is 15.9 Å². The normalized spacial score (nSPS) is 17.1. The van der Waals surface area contributed by atoms with E-state index in [1.165, 1.54) is 39.0 Å². The first-order valence-electron chi connectivity index (χ1n) is 5.76. The van der Waals surface area contributed by atoms with E-state index in [0.717, 1.165) is 5.82 Å². The summed E-state index contributed by atoms with van der Waals surface area (Å²) in [6, 6.07) is 0. The minimum atomic E-state index is -0.339. The summed E-state index contributed by atoms with van der Waals surface area (Å²) in [4.78, 5) is 19.3. The Labute approximate surface area is 95.1 Å². The lowest BCUT2D eigenvalue weighted by Gasteiger charge is -2.19. The van der Waals surface area contributed by atoms with Crippen molar-refractivity contribution in [1.82, 2.24) is 9.97 Å². The number of rotatable bonds is 2. The maximum absolute atomic E-state index is 10.7. The number of carbonyl (C=O) groups excluding carboxylic acids is 1. The van der Waals surface area contributed by atoms with E-state index in [1.54, 1.807) is 12.4 Å². The molecular formula is C12H16N2O2. The molecule has 0 amide bonds. The highest BCUT2D eigenvalue weighted by Crippen LogP contribution is 2.30. The third-order valence-electron chi connectivity index (χ3n) is 2.88. The first-order chi connectivity index (χ1) is 7.75. The van der Waals surface area contributed by atoms with Gasteiger partial charge in [0.15, 0.2) is 5.75 Å². The number of carbonyl (C=O) groups is 1. The largest absolute Gasteiger partial charge is 0.423 e. The predicted molar refractivity (Wildman–Crippen MR) is 59.2 cm³/mol. The van der Waals surface area contributed by atoms with Crippen LogP contribution in [0.25, 0.3) is 0 Å². The Kier molecular flexibility index (Phi) is 3.49. The van der Waals surface area contributed by atoms with E-state index in [2.05, 4.69) is 9.97 Å². The summed E-state index contributed by atoms with van der Waals surface area (Å²) in [5.41, 5.74) is 0. The van der Waals surface area contributed by atoms with Gasteiger partial charge in [-0.15, -0.1) is 0 Å². The Bertz CT molecular complexity index is 356. The summed E-state index contributed by atoms with van der Waals surface area (Å²) in [7, 11) is 0. The zero-order chi connectivity index (χ0) is 11.4. The summed E-state index contributed by atoms with van der Waals surface area (Å²) in [5.74, 6) is 1.46. The summed E-state index contributed by atoms with van der Waals surface area (Å²) >= 11 is 0. The Hall–Kier alpha value is -1.45. The van der Waals surface area contributed by atoms with Crippen LogP contribution in [0.15, 0.2) is 12.4 Å².